The van der Waals surface area contributed by atoms with Crippen molar-refractivity contribution in [2.75, 3.05) is 71.4 Å². The molecule has 2 aromatic rings. The maximum Gasteiger partial charge on any atom is 0.261 e. The van der Waals surface area contributed by atoms with E-state index in [-0.39, 0.29) is 12.1 Å². The molecule has 2 aromatic heterocycles. The van der Waals surface area contributed by atoms with Gasteiger partial charge in [0.1, 0.15) is 5.65 Å². The van der Waals surface area contributed by atoms with Gasteiger partial charge in [-0.05, 0) is 18.6 Å². The summed E-state index contributed by atoms with van der Waals surface area (Å²) in [5, 5.41) is 0. The molecule has 4 rings (SSSR count). The summed E-state index contributed by atoms with van der Waals surface area (Å²) in [7, 11) is 0. The highest BCUT2D eigenvalue weighted by Crippen LogP contribution is 2.15. The third kappa shape index (κ3) is 4.65. The summed E-state index contributed by atoms with van der Waals surface area (Å²) in [6, 6.07) is 3.59. The Labute approximate surface area is 176 Å². The van der Waals surface area contributed by atoms with E-state index >= 15 is 0 Å². The summed E-state index contributed by atoms with van der Waals surface area (Å²) >= 11 is 0. The predicted molar refractivity (Wildman–Crippen MR) is 116 cm³/mol. The predicted octanol–water partition coefficient (Wildman–Crippen LogP) is -0.515. The quantitative estimate of drug-likeness (QED) is 0.621. The molecule has 0 atom stereocenters. The van der Waals surface area contributed by atoms with Gasteiger partial charge >= 0.3 is 0 Å². The molecule has 0 spiro atoms. The second kappa shape index (κ2) is 9.84. The topological polar surface area (TPSA) is 111 Å². The van der Waals surface area contributed by atoms with Crippen LogP contribution in [-0.4, -0.2) is 84.9 Å². The van der Waals surface area contributed by atoms with Crippen molar-refractivity contribution in [3.05, 3.63) is 39.4 Å². The molecular formula is C21H32N6O3. The second-order valence-electron chi connectivity index (χ2n) is 7.88. The minimum absolute atomic E-state index is 0.0435. The standard InChI is InChI=1S/C21H32N6O3/c22-15-19-17(23)1-2-20-24-18(4-6-26-9-13-30-14-10-26)16(21(28)27(19)20)3-5-25-7-11-29-12-8-25/h1-2H,3-15,22-23H2. The molecule has 9 nitrogen and oxygen atoms in total. The smallest absolute Gasteiger partial charge is 0.261 e. The third-order valence-electron chi connectivity index (χ3n) is 6.05. The van der Waals surface area contributed by atoms with Gasteiger partial charge in [0.15, 0.2) is 0 Å². The SMILES string of the molecule is NCc1c(N)ccc2nc(CCN3CCOCC3)c(CCN3CCOCC3)c(=O)n12. The van der Waals surface area contributed by atoms with Crippen molar-refractivity contribution < 1.29 is 9.47 Å². The molecule has 164 valence electrons. The van der Waals surface area contributed by atoms with Crippen molar-refractivity contribution in [1.29, 1.82) is 0 Å². The van der Waals surface area contributed by atoms with Gasteiger partial charge in [-0.3, -0.25) is 19.0 Å². The van der Waals surface area contributed by atoms with Gasteiger partial charge in [0.05, 0.1) is 43.5 Å². The van der Waals surface area contributed by atoms with E-state index in [4.69, 9.17) is 25.9 Å². The molecule has 0 aromatic carbocycles. The van der Waals surface area contributed by atoms with Crippen molar-refractivity contribution in [2.24, 2.45) is 5.73 Å². The van der Waals surface area contributed by atoms with Crippen LogP contribution >= 0.6 is 0 Å². The fraction of sp³-hybridized carbons (Fsp3) is 0.619. The summed E-state index contributed by atoms with van der Waals surface area (Å²) in [5.41, 5.74) is 15.4. The monoisotopic (exact) mass is 416 g/mol. The van der Waals surface area contributed by atoms with Crippen LogP contribution in [0.1, 0.15) is 17.0 Å². The number of rotatable bonds is 7. The molecule has 9 heteroatoms. The number of morpholine rings is 2. The molecule has 0 unspecified atom stereocenters. The summed E-state index contributed by atoms with van der Waals surface area (Å²) in [6.45, 7) is 8.52. The van der Waals surface area contributed by atoms with Crippen LogP contribution < -0.4 is 17.0 Å². The molecule has 30 heavy (non-hydrogen) atoms. The van der Waals surface area contributed by atoms with Crippen LogP contribution in [0.4, 0.5) is 5.69 Å². The molecule has 2 saturated heterocycles. The van der Waals surface area contributed by atoms with Crippen LogP contribution in [0.15, 0.2) is 16.9 Å². The lowest BCUT2D eigenvalue weighted by Gasteiger charge is -2.27. The highest BCUT2D eigenvalue weighted by atomic mass is 16.5. The summed E-state index contributed by atoms with van der Waals surface area (Å²) in [4.78, 5) is 23.1. The van der Waals surface area contributed by atoms with E-state index in [0.29, 0.717) is 23.4 Å². The molecule has 4 heterocycles. The van der Waals surface area contributed by atoms with Gasteiger partial charge in [-0.15, -0.1) is 0 Å². The fourth-order valence-corrected chi connectivity index (χ4v) is 4.23. The number of nitrogens with zero attached hydrogens (tertiary/aromatic N) is 4. The fourth-order valence-electron chi connectivity index (χ4n) is 4.23. The first-order valence-electron chi connectivity index (χ1n) is 10.8. The number of nitrogens with two attached hydrogens (primary N) is 2. The number of anilines is 1. The number of hydrogen-bond acceptors (Lipinski definition) is 8. The first-order valence-corrected chi connectivity index (χ1v) is 10.8. The molecule has 0 aliphatic carbocycles. The van der Waals surface area contributed by atoms with Crippen LogP contribution in [0.25, 0.3) is 5.65 Å². The minimum atomic E-state index is -0.0435. The lowest BCUT2D eigenvalue weighted by molar-refractivity contribution is 0.0376. The van der Waals surface area contributed by atoms with E-state index in [1.165, 1.54) is 0 Å². The number of pyridine rings is 1. The maximum atomic E-state index is 13.5. The largest absolute Gasteiger partial charge is 0.397 e. The first kappa shape index (κ1) is 21.2. The van der Waals surface area contributed by atoms with Crippen LogP contribution in [-0.2, 0) is 28.9 Å². The zero-order valence-corrected chi connectivity index (χ0v) is 17.5. The normalized spacial score (nSPS) is 18.8. The molecule has 0 radical (unpaired) electrons. The highest BCUT2D eigenvalue weighted by Gasteiger charge is 2.19. The Balaban J connectivity index is 1.65. The molecule has 2 aliphatic heterocycles. The average molecular weight is 417 g/mol. The van der Waals surface area contributed by atoms with E-state index in [1.807, 2.05) is 0 Å². The Bertz CT molecular complexity index is 919. The number of aromatic nitrogens is 2. The van der Waals surface area contributed by atoms with Gasteiger partial charge in [-0.2, -0.15) is 0 Å². The van der Waals surface area contributed by atoms with Gasteiger partial charge in [0, 0.05) is 57.8 Å². The maximum absolute atomic E-state index is 13.5. The average Bonchev–Trinajstić information content (AvgIpc) is 2.79. The van der Waals surface area contributed by atoms with E-state index in [2.05, 4.69) is 9.80 Å². The Kier molecular flexibility index (Phi) is 6.96. The summed E-state index contributed by atoms with van der Waals surface area (Å²) < 4.78 is 12.5. The first-order chi connectivity index (χ1) is 14.7. The van der Waals surface area contributed by atoms with Crippen molar-refractivity contribution in [1.82, 2.24) is 19.2 Å². The molecule has 0 bridgehead atoms. The van der Waals surface area contributed by atoms with E-state index in [9.17, 15) is 4.79 Å². The van der Waals surface area contributed by atoms with Crippen molar-refractivity contribution in [3.8, 4) is 0 Å². The lowest BCUT2D eigenvalue weighted by Crippen LogP contribution is -2.39. The zero-order chi connectivity index (χ0) is 20.9. The highest BCUT2D eigenvalue weighted by molar-refractivity contribution is 5.53. The number of nitrogen functional groups attached to an aromatic ring is 1. The third-order valence-corrected chi connectivity index (χ3v) is 6.05. The van der Waals surface area contributed by atoms with Gasteiger partial charge in [0.2, 0.25) is 0 Å². The van der Waals surface area contributed by atoms with Gasteiger partial charge in [-0.25, -0.2) is 4.98 Å². The Hall–Kier alpha value is -2.04. The number of ether oxygens (including phenoxy) is 2. The van der Waals surface area contributed by atoms with Gasteiger partial charge < -0.3 is 20.9 Å². The Morgan fingerprint density at radius 2 is 1.53 bits per heavy atom. The molecule has 2 aliphatic rings. The summed E-state index contributed by atoms with van der Waals surface area (Å²) in [5.74, 6) is 0. The molecule has 2 fully saturated rings. The van der Waals surface area contributed by atoms with E-state index < -0.39 is 0 Å². The molecule has 0 saturated carbocycles. The Morgan fingerprint density at radius 1 is 0.933 bits per heavy atom. The van der Waals surface area contributed by atoms with Crippen LogP contribution in [0, 0.1) is 0 Å². The zero-order valence-electron chi connectivity index (χ0n) is 17.5. The van der Waals surface area contributed by atoms with Crippen molar-refractivity contribution >= 4 is 11.3 Å². The van der Waals surface area contributed by atoms with Crippen molar-refractivity contribution in [2.45, 2.75) is 19.4 Å². The molecular weight excluding hydrogens is 384 g/mol. The Morgan fingerprint density at radius 3 is 2.13 bits per heavy atom. The van der Waals surface area contributed by atoms with Gasteiger partial charge in [-0.1, -0.05) is 0 Å². The molecule has 0 amide bonds. The number of fused-ring (bicyclic) bond motifs is 1. The second-order valence-corrected chi connectivity index (χ2v) is 7.88. The van der Waals surface area contributed by atoms with Gasteiger partial charge in [0.25, 0.3) is 5.56 Å². The molecule has 4 N–H and O–H groups in total. The van der Waals surface area contributed by atoms with Crippen LogP contribution in [0.2, 0.25) is 0 Å². The lowest BCUT2D eigenvalue weighted by atomic mass is 10.1. The van der Waals surface area contributed by atoms with Crippen molar-refractivity contribution in [3.63, 3.8) is 0 Å². The minimum Gasteiger partial charge on any atom is -0.397 e. The number of hydrogen-bond donors (Lipinski definition) is 2. The van der Waals surface area contributed by atoms with Crippen LogP contribution in [0.5, 0.6) is 0 Å². The van der Waals surface area contributed by atoms with E-state index in [0.717, 1.165) is 83.4 Å². The summed E-state index contributed by atoms with van der Waals surface area (Å²) in [6.07, 6.45) is 1.40. The van der Waals surface area contributed by atoms with E-state index in [1.54, 1.807) is 16.5 Å². The van der Waals surface area contributed by atoms with Crippen LogP contribution in [0.3, 0.4) is 0 Å².